The summed E-state index contributed by atoms with van der Waals surface area (Å²) in [6, 6.07) is 13.7. The molecule has 0 unspecified atom stereocenters. The number of hydrogen-bond acceptors (Lipinski definition) is 6. The fraction of sp³-hybridized carbons (Fsp3) is 0.417. The van der Waals surface area contributed by atoms with Crippen LogP contribution in [0.2, 0.25) is 0 Å². The summed E-state index contributed by atoms with van der Waals surface area (Å²) in [7, 11) is 1.92. The summed E-state index contributed by atoms with van der Waals surface area (Å²) in [5.41, 5.74) is 4.97. The summed E-state index contributed by atoms with van der Waals surface area (Å²) < 4.78 is 3.69. The minimum Gasteiger partial charge on any atom is -0.334 e. The summed E-state index contributed by atoms with van der Waals surface area (Å²) in [5, 5.41) is 12.6. The molecule has 45 heavy (non-hydrogen) atoms. The van der Waals surface area contributed by atoms with Gasteiger partial charge in [0.25, 0.3) is 11.5 Å². The molecule has 2 saturated carbocycles. The molecule has 0 radical (unpaired) electrons. The molecule has 0 bridgehead atoms. The topological polar surface area (TPSA) is 109 Å². The first-order valence-electron chi connectivity index (χ1n) is 16.3. The van der Waals surface area contributed by atoms with Crippen molar-refractivity contribution >= 4 is 11.7 Å². The number of carbonyl (C=O) groups excluding carboxylic acids is 1. The third-order valence-corrected chi connectivity index (χ3v) is 8.74. The third-order valence-electron chi connectivity index (χ3n) is 8.74. The molecule has 4 aromatic rings. The van der Waals surface area contributed by atoms with Crippen molar-refractivity contribution in [1.29, 1.82) is 5.26 Å². The van der Waals surface area contributed by atoms with Gasteiger partial charge in [0.05, 0.1) is 11.6 Å². The van der Waals surface area contributed by atoms with E-state index in [1.54, 1.807) is 22.9 Å². The lowest BCUT2D eigenvalue weighted by atomic mass is 9.96. The van der Waals surface area contributed by atoms with Crippen LogP contribution in [0.1, 0.15) is 97.9 Å². The Morgan fingerprint density at radius 2 is 1.80 bits per heavy atom. The number of aromatic nitrogens is 4. The molecule has 1 aromatic carbocycles. The number of pyridine rings is 2. The monoisotopic (exact) mass is 603 g/mol. The SMILES string of the molecule is CC.Cn1ccnc1-c1cc(C#N)ccc1-c1cc(NC(=O)c2cc(CN3CCCCC3)cn(C3CC3)c2=O)nc(C2CC2)c1. The average molecular weight is 604 g/mol. The van der Waals surface area contributed by atoms with Gasteiger partial charge in [-0.05, 0) is 98.6 Å². The highest BCUT2D eigenvalue weighted by Crippen LogP contribution is 2.42. The molecule has 1 aliphatic heterocycles. The van der Waals surface area contributed by atoms with Gasteiger partial charge in [-0.3, -0.25) is 14.5 Å². The van der Waals surface area contributed by atoms with E-state index in [4.69, 9.17) is 4.98 Å². The first-order chi connectivity index (χ1) is 22.0. The van der Waals surface area contributed by atoms with Gasteiger partial charge in [-0.2, -0.15) is 5.26 Å². The molecule has 1 amide bonds. The summed E-state index contributed by atoms with van der Waals surface area (Å²) in [5.74, 6) is 1.06. The molecule has 3 fully saturated rings. The van der Waals surface area contributed by atoms with Crippen LogP contribution in [0, 0.1) is 11.3 Å². The van der Waals surface area contributed by atoms with E-state index in [-0.39, 0.29) is 17.2 Å². The second kappa shape index (κ2) is 13.2. The first kappa shape index (κ1) is 30.5. The summed E-state index contributed by atoms with van der Waals surface area (Å²) >= 11 is 0. The van der Waals surface area contributed by atoms with Crippen LogP contribution in [0.25, 0.3) is 22.5 Å². The maximum atomic E-state index is 13.8. The lowest BCUT2D eigenvalue weighted by molar-refractivity contribution is 0.102. The van der Waals surface area contributed by atoms with Crippen LogP contribution in [0.5, 0.6) is 0 Å². The van der Waals surface area contributed by atoms with Crippen molar-refractivity contribution in [2.24, 2.45) is 7.05 Å². The molecule has 9 heteroatoms. The van der Waals surface area contributed by atoms with Crippen LogP contribution >= 0.6 is 0 Å². The molecule has 3 aromatic heterocycles. The highest BCUT2D eigenvalue weighted by atomic mass is 16.2. The zero-order chi connectivity index (χ0) is 31.5. The molecule has 232 valence electrons. The number of nitrogens with zero attached hydrogens (tertiary/aromatic N) is 6. The summed E-state index contributed by atoms with van der Waals surface area (Å²) in [4.78, 5) is 39.0. The third kappa shape index (κ3) is 6.76. The molecule has 4 heterocycles. The summed E-state index contributed by atoms with van der Waals surface area (Å²) in [6.07, 6.45) is 13.2. The van der Waals surface area contributed by atoms with Crippen molar-refractivity contribution in [2.75, 3.05) is 18.4 Å². The lowest BCUT2D eigenvalue weighted by Crippen LogP contribution is -2.32. The van der Waals surface area contributed by atoms with E-state index in [0.29, 0.717) is 17.3 Å². The average Bonchev–Trinajstić information content (AvgIpc) is 4.01. The number of hydrogen-bond donors (Lipinski definition) is 1. The predicted octanol–water partition coefficient (Wildman–Crippen LogP) is 6.66. The van der Waals surface area contributed by atoms with Crippen LogP contribution in [-0.4, -0.2) is 43.0 Å². The molecular weight excluding hydrogens is 562 g/mol. The highest BCUT2D eigenvalue weighted by molar-refractivity contribution is 6.04. The Bertz CT molecular complexity index is 1800. The molecule has 2 aliphatic carbocycles. The van der Waals surface area contributed by atoms with E-state index in [1.165, 1.54) is 19.3 Å². The molecule has 1 saturated heterocycles. The maximum Gasteiger partial charge on any atom is 0.263 e. The lowest BCUT2D eigenvalue weighted by Gasteiger charge is -2.26. The van der Waals surface area contributed by atoms with Gasteiger partial charge in [0.2, 0.25) is 0 Å². The van der Waals surface area contributed by atoms with E-state index < -0.39 is 5.91 Å². The van der Waals surface area contributed by atoms with Crippen molar-refractivity contribution in [3.8, 4) is 28.6 Å². The van der Waals surface area contributed by atoms with Crippen LogP contribution in [0.3, 0.4) is 0 Å². The Labute approximate surface area is 264 Å². The Morgan fingerprint density at radius 1 is 1.02 bits per heavy atom. The van der Waals surface area contributed by atoms with Crippen LogP contribution in [0.15, 0.2) is 59.8 Å². The number of anilines is 1. The number of carbonyl (C=O) groups is 1. The zero-order valence-electron chi connectivity index (χ0n) is 26.4. The van der Waals surface area contributed by atoms with Gasteiger partial charge in [0, 0.05) is 55.4 Å². The number of nitrogens with one attached hydrogen (secondary N) is 1. The summed E-state index contributed by atoms with van der Waals surface area (Å²) in [6.45, 7) is 6.82. The van der Waals surface area contributed by atoms with Gasteiger partial charge >= 0.3 is 0 Å². The first-order valence-corrected chi connectivity index (χ1v) is 16.3. The fourth-order valence-electron chi connectivity index (χ4n) is 6.13. The smallest absolute Gasteiger partial charge is 0.263 e. The number of nitriles is 1. The van der Waals surface area contributed by atoms with Crippen molar-refractivity contribution < 1.29 is 4.79 Å². The van der Waals surface area contributed by atoms with Gasteiger partial charge in [-0.1, -0.05) is 26.3 Å². The maximum absolute atomic E-state index is 13.8. The second-order valence-corrected chi connectivity index (χ2v) is 12.2. The van der Waals surface area contributed by atoms with E-state index in [1.807, 2.05) is 56.1 Å². The second-order valence-electron chi connectivity index (χ2n) is 12.2. The van der Waals surface area contributed by atoms with Gasteiger partial charge < -0.3 is 14.5 Å². The van der Waals surface area contributed by atoms with E-state index in [9.17, 15) is 14.9 Å². The number of amides is 1. The van der Waals surface area contributed by atoms with E-state index in [2.05, 4.69) is 27.3 Å². The van der Waals surface area contributed by atoms with Gasteiger partial charge in [-0.25, -0.2) is 9.97 Å². The quantitative estimate of drug-likeness (QED) is 0.241. The molecular formula is C36H41N7O2. The fourth-order valence-corrected chi connectivity index (χ4v) is 6.13. The van der Waals surface area contributed by atoms with Crippen LogP contribution in [0.4, 0.5) is 5.82 Å². The van der Waals surface area contributed by atoms with Gasteiger partial charge in [0.1, 0.15) is 17.2 Å². The Balaban J connectivity index is 0.00000175. The standard InChI is InChI=1S/C34H35N7O2.C2H6/c1-39-14-11-36-32(39)28-15-22(19-35)5-10-27(28)25-17-30(24-6-7-24)37-31(18-25)38-33(42)29-16-23(20-40-12-3-2-4-13-40)21-41(34(29)43)26-8-9-26;1-2/h5,10-11,14-18,21,24,26H,2-4,6-9,12-13,20H2,1H3,(H,37,38,42);1-2H3. The normalized spacial score (nSPS) is 16.4. The zero-order valence-corrected chi connectivity index (χ0v) is 26.4. The minimum absolute atomic E-state index is 0.161. The Hall–Kier alpha value is -4.55. The number of piperidine rings is 1. The van der Waals surface area contributed by atoms with E-state index in [0.717, 1.165) is 79.1 Å². The number of aryl methyl sites for hydroxylation is 1. The molecule has 0 atom stereocenters. The molecule has 3 aliphatic rings. The molecule has 9 nitrogen and oxygen atoms in total. The Kier molecular flexibility index (Phi) is 8.95. The number of benzene rings is 1. The Morgan fingerprint density at radius 3 is 2.47 bits per heavy atom. The van der Waals surface area contributed by atoms with Crippen molar-refractivity contribution in [2.45, 2.75) is 77.3 Å². The van der Waals surface area contributed by atoms with Gasteiger partial charge in [0.15, 0.2) is 0 Å². The number of imidazole rings is 1. The van der Waals surface area contributed by atoms with Crippen molar-refractivity contribution in [3.05, 3.63) is 87.7 Å². The van der Waals surface area contributed by atoms with Crippen molar-refractivity contribution in [1.82, 2.24) is 24.0 Å². The largest absolute Gasteiger partial charge is 0.334 e. The molecule has 0 spiro atoms. The number of rotatable bonds is 8. The predicted molar refractivity (Wildman–Crippen MR) is 176 cm³/mol. The number of likely N-dealkylation sites (tertiary alicyclic amines) is 1. The van der Waals surface area contributed by atoms with E-state index >= 15 is 0 Å². The van der Waals surface area contributed by atoms with Gasteiger partial charge in [-0.15, -0.1) is 0 Å². The van der Waals surface area contributed by atoms with Crippen molar-refractivity contribution in [3.63, 3.8) is 0 Å². The van der Waals surface area contributed by atoms with Crippen LogP contribution in [-0.2, 0) is 13.6 Å². The molecule has 1 N–H and O–H groups in total. The minimum atomic E-state index is -0.435. The van der Waals surface area contributed by atoms with Crippen LogP contribution < -0.4 is 10.9 Å². The molecule has 7 rings (SSSR count). The highest BCUT2D eigenvalue weighted by Gasteiger charge is 2.29.